The van der Waals surface area contributed by atoms with E-state index in [4.69, 9.17) is 4.74 Å². The molecule has 6 heteroatoms. The molecule has 6 nitrogen and oxygen atoms in total. The minimum Gasteiger partial charge on any atom is -0.497 e. The molecular weight excluding hydrogens is 320 g/mol. The molecule has 0 radical (unpaired) electrons. The van der Waals surface area contributed by atoms with Crippen molar-refractivity contribution in [2.45, 2.75) is 13.5 Å². The Hall–Kier alpha value is -3.28. The molecule has 1 aromatic heterocycles. The normalized spacial score (nSPS) is 10.6. The average Bonchev–Trinajstić information content (AvgIpc) is 2.95. The Kier molecular flexibility index (Phi) is 4.43. The summed E-state index contributed by atoms with van der Waals surface area (Å²) in [5, 5.41) is 12.8. The molecular formula is C19H18N2O4. The minimum absolute atomic E-state index is 0.0711. The van der Waals surface area contributed by atoms with Gasteiger partial charge in [-0.25, -0.2) is 4.79 Å². The monoisotopic (exact) mass is 338 g/mol. The van der Waals surface area contributed by atoms with Gasteiger partial charge in [-0.2, -0.15) is 0 Å². The Morgan fingerprint density at radius 2 is 2.00 bits per heavy atom. The number of nitrogens with one attached hydrogen (secondary N) is 1. The van der Waals surface area contributed by atoms with Crippen LogP contribution in [-0.4, -0.2) is 28.7 Å². The summed E-state index contributed by atoms with van der Waals surface area (Å²) in [7, 11) is 1.62. The Bertz CT molecular complexity index is 959. The number of ether oxygens (including phenoxy) is 1. The van der Waals surface area contributed by atoms with Crippen molar-refractivity contribution in [2.24, 2.45) is 0 Å². The van der Waals surface area contributed by atoms with Gasteiger partial charge in [0.15, 0.2) is 0 Å². The predicted octanol–water partition coefficient (Wildman–Crippen LogP) is 3.35. The number of carboxylic acids is 1. The first-order valence-corrected chi connectivity index (χ1v) is 7.74. The zero-order valence-electron chi connectivity index (χ0n) is 13.9. The predicted molar refractivity (Wildman–Crippen MR) is 95.3 cm³/mol. The van der Waals surface area contributed by atoms with E-state index in [-0.39, 0.29) is 17.2 Å². The number of nitrogens with zero attached hydrogens (tertiary/aromatic N) is 1. The highest BCUT2D eigenvalue weighted by Crippen LogP contribution is 2.26. The van der Waals surface area contributed by atoms with Crippen molar-refractivity contribution >= 4 is 28.5 Å². The molecule has 25 heavy (non-hydrogen) atoms. The third-order valence-electron chi connectivity index (χ3n) is 3.94. The lowest BCUT2D eigenvalue weighted by atomic mass is 10.1. The van der Waals surface area contributed by atoms with E-state index >= 15 is 0 Å². The smallest absolute Gasteiger partial charge is 0.337 e. The minimum atomic E-state index is -1.08. The van der Waals surface area contributed by atoms with Crippen LogP contribution < -0.4 is 10.1 Å². The van der Waals surface area contributed by atoms with Crippen LogP contribution in [-0.2, 0) is 11.3 Å². The molecule has 128 valence electrons. The number of hydrogen-bond donors (Lipinski definition) is 2. The molecule has 1 heterocycles. The van der Waals surface area contributed by atoms with Crippen LogP contribution in [0.5, 0.6) is 5.75 Å². The van der Waals surface area contributed by atoms with E-state index in [0.29, 0.717) is 6.54 Å². The molecule has 0 saturated heterocycles. The zero-order valence-corrected chi connectivity index (χ0v) is 13.9. The maximum atomic E-state index is 11.4. The molecule has 3 rings (SSSR count). The number of aromatic nitrogens is 1. The lowest BCUT2D eigenvalue weighted by molar-refractivity contribution is -0.114. The van der Waals surface area contributed by atoms with E-state index in [1.165, 1.54) is 6.92 Å². The first kappa shape index (κ1) is 16.6. The molecule has 0 bridgehead atoms. The van der Waals surface area contributed by atoms with Crippen LogP contribution >= 0.6 is 0 Å². The number of amides is 1. The Balaban J connectivity index is 2.04. The van der Waals surface area contributed by atoms with Crippen LogP contribution in [0.15, 0.2) is 48.7 Å². The van der Waals surface area contributed by atoms with Gasteiger partial charge >= 0.3 is 5.97 Å². The van der Waals surface area contributed by atoms with Gasteiger partial charge in [0.1, 0.15) is 5.75 Å². The first-order valence-electron chi connectivity index (χ1n) is 7.74. The second-order valence-electron chi connectivity index (χ2n) is 5.74. The first-order chi connectivity index (χ1) is 12.0. The number of anilines is 1. The maximum absolute atomic E-state index is 11.4. The van der Waals surface area contributed by atoms with E-state index in [1.807, 2.05) is 41.1 Å². The van der Waals surface area contributed by atoms with Gasteiger partial charge in [-0.1, -0.05) is 12.1 Å². The highest BCUT2D eigenvalue weighted by Gasteiger charge is 2.14. The number of carboxylic acid groups (broad SMARTS) is 1. The number of methoxy groups -OCH3 is 1. The highest BCUT2D eigenvalue weighted by atomic mass is 16.5. The van der Waals surface area contributed by atoms with Crippen molar-refractivity contribution in [1.29, 1.82) is 0 Å². The van der Waals surface area contributed by atoms with E-state index < -0.39 is 5.97 Å². The number of fused-ring (bicyclic) bond motifs is 1. The SMILES string of the molecule is COc1cccc(Cn2ccc3cc(C(=O)O)c(NC(C)=O)cc32)c1. The molecule has 0 aliphatic rings. The average molecular weight is 338 g/mol. The topological polar surface area (TPSA) is 80.6 Å². The zero-order chi connectivity index (χ0) is 18.0. The molecule has 0 spiro atoms. The van der Waals surface area contributed by atoms with Crippen molar-refractivity contribution in [3.63, 3.8) is 0 Å². The van der Waals surface area contributed by atoms with Crippen LogP contribution in [0.2, 0.25) is 0 Å². The standard InChI is InChI=1S/C19H18N2O4/c1-12(22)20-17-10-18-14(9-16(17)19(23)24)6-7-21(18)11-13-4-3-5-15(8-13)25-2/h3-10H,11H2,1-2H3,(H,20,22)(H,23,24). The summed E-state index contributed by atoms with van der Waals surface area (Å²) >= 11 is 0. The molecule has 0 aliphatic carbocycles. The van der Waals surface area contributed by atoms with Crippen LogP contribution in [0, 0.1) is 0 Å². The highest BCUT2D eigenvalue weighted by molar-refractivity contribution is 6.04. The third-order valence-corrected chi connectivity index (χ3v) is 3.94. The number of rotatable bonds is 5. The van der Waals surface area contributed by atoms with Crippen molar-refractivity contribution < 1.29 is 19.4 Å². The van der Waals surface area contributed by atoms with E-state index in [2.05, 4.69) is 5.32 Å². The number of benzene rings is 2. The summed E-state index contributed by atoms with van der Waals surface area (Å²) in [5.41, 5.74) is 2.26. The van der Waals surface area contributed by atoms with E-state index in [9.17, 15) is 14.7 Å². The van der Waals surface area contributed by atoms with Crippen LogP contribution in [0.1, 0.15) is 22.8 Å². The Labute approximate surface area is 144 Å². The molecule has 0 atom stereocenters. The van der Waals surface area contributed by atoms with E-state index in [0.717, 1.165) is 22.2 Å². The van der Waals surface area contributed by atoms with Gasteiger partial charge in [0.05, 0.1) is 23.9 Å². The molecule has 0 fully saturated rings. The molecule has 2 aromatic carbocycles. The fourth-order valence-corrected chi connectivity index (χ4v) is 2.81. The summed E-state index contributed by atoms with van der Waals surface area (Å²) in [5.74, 6) is -0.611. The summed E-state index contributed by atoms with van der Waals surface area (Å²) in [6, 6.07) is 12.9. The fraction of sp³-hybridized carbons (Fsp3) is 0.158. The van der Waals surface area contributed by atoms with Crippen molar-refractivity contribution in [3.8, 4) is 5.75 Å². The molecule has 1 amide bonds. The number of aromatic carboxylic acids is 1. The lowest BCUT2D eigenvalue weighted by Gasteiger charge is -2.11. The summed E-state index contributed by atoms with van der Waals surface area (Å²) in [6.45, 7) is 1.96. The van der Waals surface area contributed by atoms with Gasteiger partial charge in [0, 0.05) is 25.1 Å². The number of hydrogen-bond acceptors (Lipinski definition) is 3. The Morgan fingerprint density at radius 1 is 1.20 bits per heavy atom. The maximum Gasteiger partial charge on any atom is 0.337 e. The molecule has 0 unspecified atom stereocenters. The molecule has 2 N–H and O–H groups in total. The van der Waals surface area contributed by atoms with Crippen molar-refractivity contribution in [2.75, 3.05) is 12.4 Å². The van der Waals surface area contributed by atoms with Gasteiger partial charge in [0.25, 0.3) is 0 Å². The summed E-state index contributed by atoms with van der Waals surface area (Å²) in [4.78, 5) is 22.8. The van der Waals surface area contributed by atoms with Gasteiger partial charge in [0.2, 0.25) is 5.91 Å². The second kappa shape index (κ2) is 6.68. The third kappa shape index (κ3) is 3.47. The van der Waals surface area contributed by atoms with Crippen molar-refractivity contribution in [1.82, 2.24) is 4.57 Å². The number of carbonyl (C=O) groups excluding carboxylic acids is 1. The summed E-state index contributed by atoms with van der Waals surface area (Å²) in [6.07, 6.45) is 1.90. The van der Waals surface area contributed by atoms with Crippen molar-refractivity contribution in [3.05, 3.63) is 59.8 Å². The quantitative estimate of drug-likeness (QED) is 0.747. The fourth-order valence-electron chi connectivity index (χ4n) is 2.81. The van der Waals surface area contributed by atoms with Crippen LogP contribution in [0.3, 0.4) is 0 Å². The number of carbonyl (C=O) groups is 2. The van der Waals surface area contributed by atoms with Gasteiger partial charge < -0.3 is 19.7 Å². The molecule has 0 saturated carbocycles. The van der Waals surface area contributed by atoms with Gasteiger partial charge in [-0.3, -0.25) is 4.79 Å². The van der Waals surface area contributed by atoms with Crippen LogP contribution in [0.4, 0.5) is 5.69 Å². The van der Waals surface area contributed by atoms with Crippen LogP contribution in [0.25, 0.3) is 10.9 Å². The van der Waals surface area contributed by atoms with Gasteiger partial charge in [-0.15, -0.1) is 0 Å². The van der Waals surface area contributed by atoms with E-state index in [1.54, 1.807) is 19.2 Å². The second-order valence-corrected chi connectivity index (χ2v) is 5.74. The summed E-state index contributed by atoms with van der Waals surface area (Å²) < 4.78 is 7.25. The molecule has 3 aromatic rings. The van der Waals surface area contributed by atoms with Gasteiger partial charge in [-0.05, 0) is 35.9 Å². The molecule has 0 aliphatic heterocycles. The lowest BCUT2D eigenvalue weighted by Crippen LogP contribution is -2.11. The largest absolute Gasteiger partial charge is 0.497 e. The Morgan fingerprint density at radius 3 is 2.68 bits per heavy atom.